The second-order valence-electron chi connectivity index (χ2n) is 6.51. The van der Waals surface area contributed by atoms with Crippen LogP contribution in [0.3, 0.4) is 0 Å². The summed E-state index contributed by atoms with van der Waals surface area (Å²) in [6, 6.07) is 0. The highest BCUT2D eigenvalue weighted by molar-refractivity contribution is 5.46. The summed E-state index contributed by atoms with van der Waals surface area (Å²) in [5, 5.41) is 4.00. The Morgan fingerprint density at radius 1 is 1.24 bits per heavy atom. The van der Waals surface area contributed by atoms with Crippen LogP contribution in [0.2, 0.25) is 0 Å². The van der Waals surface area contributed by atoms with E-state index in [1.54, 1.807) is 0 Å². The summed E-state index contributed by atoms with van der Waals surface area (Å²) in [5.41, 5.74) is 7.12. The van der Waals surface area contributed by atoms with E-state index < -0.39 is 0 Å². The van der Waals surface area contributed by atoms with Crippen LogP contribution in [-0.4, -0.2) is 5.16 Å². The summed E-state index contributed by atoms with van der Waals surface area (Å²) >= 11 is 0. The molecule has 1 heterocycles. The Morgan fingerprint density at radius 2 is 1.88 bits per heavy atom. The molecular formula is C14H20N2O. The molecule has 3 aliphatic rings. The number of hydrogen-bond donors (Lipinski definition) is 1. The van der Waals surface area contributed by atoms with E-state index >= 15 is 0 Å². The fraction of sp³-hybridized carbons (Fsp3) is 0.786. The van der Waals surface area contributed by atoms with Crippen molar-refractivity contribution in [1.82, 2.24) is 5.16 Å². The maximum atomic E-state index is 5.94. The van der Waals surface area contributed by atoms with Crippen molar-refractivity contribution in [2.45, 2.75) is 44.9 Å². The first kappa shape index (κ1) is 9.98. The molecule has 0 saturated heterocycles. The van der Waals surface area contributed by atoms with Crippen LogP contribution >= 0.6 is 0 Å². The lowest BCUT2D eigenvalue weighted by Crippen LogP contribution is -2.01. The molecule has 2 N–H and O–H groups in total. The van der Waals surface area contributed by atoms with Crippen LogP contribution in [0.5, 0.6) is 0 Å². The predicted molar refractivity (Wildman–Crippen MR) is 65.6 cm³/mol. The number of nitrogen functional groups attached to an aromatic ring is 1. The molecule has 2 bridgehead atoms. The van der Waals surface area contributed by atoms with Crippen molar-refractivity contribution in [1.29, 1.82) is 0 Å². The Bertz CT molecular complexity index is 449. The Balaban J connectivity index is 1.69. The van der Waals surface area contributed by atoms with Crippen LogP contribution < -0.4 is 5.73 Å². The summed E-state index contributed by atoms with van der Waals surface area (Å²) in [5.74, 6) is 6.58. The number of rotatable bonds is 2. The Morgan fingerprint density at radius 3 is 2.47 bits per heavy atom. The van der Waals surface area contributed by atoms with E-state index in [0.717, 1.165) is 29.4 Å². The van der Waals surface area contributed by atoms with E-state index in [4.69, 9.17) is 10.3 Å². The molecular weight excluding hydrogens is 212 g/mol. The minimum atomic E-state index is 0.426. The van der Waals surface area contributed by atoms with Gasteiger partial charge in [0.25, 0.3) is 0 Å². The van der Waals surface area contributed by atoms with E-state index in [2.05, 4.69) is 19.0 Å². The zero-order chi connectivity index (χ0) is 11.7. The highest BCUT2D eigenvalue weighted by Gasteiger charge is 2.67. The average Bonchev–Trinajstić information content (AvgIpc) is 2.67. The third-order valence-electron chi connectivity index (χ3n) is 5.40. The molecule has 3 fully saturated rings. The van der Waals surface area contributed by atoms with Crippen molar-refractivity contribution >= 4 is 5.82 Å². The molecule has 3 saturated carbocycles. The lowest BCUT2D eigenvalue weighted by atomic mass is 9.95. The zero-order valence-electron chi connectivity index (χ0n) is 10.5. The van der Waals surface area contributed by atoms with Gasteiger partial charge in [-0.3, -0.25) is 0 Å². The van der Waals surface area contributed by atoms with Gasteiger partial charge in [-0.05, 0) is 48.9 Å². The van der Waals surface area contributed by atoms with Crippen molar-refractivity contribution in [3.8, 4) is 0 Å². The highest BCUT2D eigenvalue weighted by Crippen LogP contribution is 2.73. The molecule has 0 radical (unpaired) electrons. The topological polar surface area (TPSA) is 52.0 Å². The smallest absolute Gasteiger partial charge is 0.170 e. The fourth-order valence-corrected chi connectivity index (χ4v) is 4.82. The molecule has 4 rings (SSSR count). The molecule has 3 nitrogen and oxygen atoms in total. The Labute approximate surface area is 102 Å². The van der Waals surface area contributed by atoms with Gasteiger partial charge in [0, 0.05) is 11.5 Å². The summed E-state index contributed by atoms with van der Waals surface area (Å²) in [7, 11) is 0. The van der Waals surface area contributed by atoms with Gasteiger partial charge in [0.1, 0.15) is 5.76 Å². The number of anilines is 1. The van der Waals surface area contributed by atoms with Crippen LogP contribution in [0.25, 0.3) is 0 Å². The third-order valence-corrected chi connectivity index (χ3v) is 5.40. The molecule has 17 heavy (non-hydrogen) atoms. The molecule has 4 unspecified atom stereocenters. The molecule has 0 aromatic carbocycles. The van der Waals surface area contributed by atoms with Gasteiger partial charge in [0.05, 0.1) is 0 Å². The summed E-state index contributed by atoms with van der Waals surface area (Å²) in [6.45, 7) is 4.36. The molecule has 92 valence electrons. The monoisotopic (exact) mass is 232 g/mol. The molecule has 1 aromatic rings. The molecule has 3 heteroatoms. The maximum absolute atomic E-state index is 5.94. The quantitative estimate of drug-likeness (QED) is 0.852. The Kier molecular flexibility index (Phi) is 1.80. The summed E-state index contributed by atoms with van der Waals surface area (Å²) < 4.78 is 5.57. The predicted octanol–water partition coefficient (Wildman–Crippen LogP) is 3.14. The molecule has 0 amide bonds. The zero-order valence-corrected chi connectivity index (χ0v) is 10.5. The second kappa shape index (κ2) is 3.06. The average molecular weight is 232 g/mol. The van der Waals surface area contributed by atoms with Crippen LogP contribution in [0.4, 0.5) is 5.82 Å². The van der Waals surface area contributed by atoms with Crippen LogP contribution in [0, 0.1) is 23.7 Å². The van der Waals surface area contributed by atoms with E-state index in [1.165, 1.54) is 24.8 Å². The fourth-order valence-electron chi connectivity index (χ4n) is 4.82. The molecule has 1 aromatic heterocycles. The van der Waals surface area contributed by atoms with Gasteiger partial charge < -0.3 is 10.3 Å². The van der Waals surface area contributed by atoms with Gasteiger partial charge in [-0.15, -0.1) is 0 Å². The van der Waals surface area contributed by atoms with Crippen molar-refractivity contribution < 1.29 is 4.52 Å². The normalized spacial score (nSPS) is 42.2. The van der Waals surface area contributed by atoms with Gasteiger partial charge in [-0.1, -0.05) is 19.0 Å². The van der Waals surface area contributed by atoms with E-state index in [9.17, 15) is 0 Å². The Hall–Kier alpha value is -0.990. The highest BCUT2D eigenvalue weighted by atomic mass is 16.5. The van der Waals surface area contributed by atoms with Gasteiger partial charge in [-0.2, -0.15) is 0 Å². The lowest BCUT2D eigenvalue weighted by molar-refractivity contribution is 0.361. The molecule has 0 spiro atoms. The first-order chi connectivity index (χ1) is 8.18. The summed E-state index contributed by atoms with van der Waals surface area (Å²) in [4.78, 5) is 0. The first-order valence-corrected chi connectivity index (χ1v) is 6.93. The largest absolute Gasteiger partial charge is 0.381 e. The minimum Gasteiger partial charge on any atom is -0.381 e. The van der Waals surface area contributed by atoms with Gasteiger partial charge >= 0.3 is 0 Å². The SMILES string of the molecule is CC(C)c1c(N)noc1C1C2C3CCC(C3)C12. The number of aromatic nitrogens is 1. The number of nitrogens with zero attached hydrogens (tertiary/aromatic N) is 1. The van der Waals surface area contributed by atoms with E-state index in [0.29, 0.717) is 17.7 Å². The van der Waals surface area contributed by atoms with Crippen molar-refractivity contribution in [3.63, 3.8) is 0 Å². The lowest BCUT2D eigenvalue weighted by Gasteiger charge is -2.09. The van der Waals surface area contributed by atoms with Crippen molar-refractivity contribution in [2.75, 3.05) is 5.73 Å². The third kappa shape index (κ3) is 1.15. The van der Waals surface area contributed by atoms with Crippen LogP contribution in [0.1, 0.15) is 56.3 Å². The van der Waals surface area contributed by atoms with Crippen molar-refractivity contribution in [2.24, 2.45) is 23.7 Å². The maximum Gasteiger partial charge on any atom is 0.170 e. The van der Waals surface area contributed by atoms with Gasteiger partial charge in [0.2, 0.25) is 0 Å². The number of fused-ring (bicyclic) bond motifs is 5. The van der Waals surface area contributed by atoms with Gasteiger partial charge in [0.15, 0.2) is 5.82 Å². The molecule has 0 aliphatic heterocycles. The molecule has 4 atom stereocenters. The minimum absolute atomic E-state index is 0.426. The first-order valence-electron chi connectivity index (χ1n) is 6.93. The van der Waals surface area contributed by atoms with Crippen LogP contribution in [-0.2, 0) is 0 Å². The van der Waals surface area contributed by atoms with Gasteiger partial charge in [-0.25, -0.2) is 0 Å². The molecule has 3 aliphatic carbocycles. The number of nitrogens with two attached hydrogens (primary N) is 1. The standard InChI is InChI=1S/C14H20N2O/c1-6(2)9-13(17-16-14(9)15)12-10-7-3-4-8(5-7)11(10)12/h6-8,10-12H,3-5H2,1-2H3,(H2,15,16). The van der Waals surface area contributed by atoms with Crippen LogP contribution in [0.15, 0.2) is 4.52 Å². The second-order valence-corrected chi connectivity index (χ2v) is 6.51. The van der Waals surface area contributed by atoms with Crippen molar-refractivity contribution in [3.05, 3.63) is 11.3 Å². The number of hydrogen-bond acceptors (Lipinski definition) is 3. The van der Waals surface area contributed by atoms with E-state index in [1.807, 2.05) is 0 Å². The van der Waals surface area contributed by atoms with E-state index in [-0.39, 0.29) is 0 Å². The summed E-state index contributed by atoms with van der Waals surface area (Å²) in [6.07, 6.45) is 4.37.